The summed E-state index contributed by atoms with van der Waals surface area (Å²) in [7, 11) is 0. The van der Waals surface area contributed by atoms with Gasteiger partial charge in [-0.25, -0.2) is 9.97 Å². The normalized spacial score (nSPS) is 19.9. The maximum atomic E-state index is 13.2. The fourth-order valence-corrected chi connectivity index (χ4v) is 4.89. The van der Waals surface area contributed by atoms with Gasteiger partial charge in [-0.05, 0) is 31.2 Å². The Balaban J connectivity index is 1.29. The van der Waals surface area contributed by atoms with Crippen LogP contribution in [0.25, 0.3) is 17.3 Å². The largest absolute Gasteiger partial charge is 0.335 e. The molecule has 1 aliphatic carbocycles. The van der Waals surface area contributed by atoms with Crippen molar-refractivity contribution < 1.29 is 4.79 Å². The number of piperidine rings is 1. The molecule has 1 amide bonds. The van der Waals surface area contributed by atoms with Crippen molar-refractivity contribution in [2.75, 3.05) is 13.1 Å². The number of amides is 1. The van der Waals surface area contributed by atoms with Crippen molar-refractivity contribution in [1.82, 2.24) is 44.8 Å². The Morgan fingerprint density at radius 2 is 1.91 bits per heavy atom. The molecule has 1 spiro atoms. The van der Waals surface area contributed by atoms with Crippen molar-refractivity contribution in [2.45, 2.75) is 31.1 Å². The highest BCUT2D eigenvalue weighted by atomic mass is 16.2. The number of rotatable bonds is 3. The number of carbonyl (C=O) groups is 1. The number of benzene rings is 1. The Bertz CT molecular complexity index is 1260. The second-order valence-electron chi connectivity index (χ2n) is 8.40. The molecule has 10 nitrogen and oxygen atoms in total. The lowest BCUT2D eigenvalue weighted by Crippen LogP contribution is -2.48. The minimum atomic E-state index is -0.151. The van der Waals surface area contributed by atoms with Gasteiger partial charge in [-0.1, -0.05) is 30.3 Å². The Hall–Kier alpha value is -3.95. The lowest BCUT2D eigenvalue weighted by atomic mass is 9.77. The van der Waals surface area contributed by atoms with E-state index in [-0.39, 0.29) is 17.1 Å². The van der Waals surface area contributed by atoms with Crippen LogP contribution >= 0.6 is 0 Å². The number of fused-ring (bicyclic) bond motifs is 2. The Morgan fingerprint density at radius 3 is 2.75 bits per heavy atom. The predicted molar refractivity (Wildman–Crippen MR) is 114 cm³/mol. The average Bonchev–Trinajstić information content (AvgIpc) is 3.60. The van der Waals surface area contributed by atoms with Gasteiger partial charge in [0.2, 0.25) is 5.82 Å². The van der Waals surface area contributed by atoms with Crippen molar-refractivity contribution in [3.63, 3.8) is 0 Å². The molecule has 0 saturated carbocycles. The second-order valence-corrected chi connectivity index (χ2v) is 8.40. The number of aromatic amines is 1. The zero-order valence-corrected chi connectivity index (χ0v) is 17.3. The summed E-state index contributed by atoms with van der Waals surface area (Å²) in [5, 5.41) is 14.4. The number of H-pyrrole nitrogens is 1. The van der Waals surface area contributed by atoms with Crippen LogP contribution in [0.15, 0.2) is 49.2 Å². The number of hydrogen-bond donors (Lipinski definition) is 1. The van der Waals surface area contributed by atoms with Crippen LogP contribution in [0.2, 0.25) is 0 Å². The van der Waals surface area contributed by atoms with Crippen LogP contribution < -0.4 is 0 Å². The van der Waals surface area contributed by atoms with E-state index < -0.39 is 0 Å². The van der Waals surface area contributed by atoms with Gasteiger partial charge in [0, 0.05) is 30.3 Å². The third-order valence-electron chi connectivity index (χ3n) is 6.46. The molecular weight excluding hydrogens is 406 g/mol. The number of nitrogens with one attached hydrogen (secondary N) is 1. The molecule has 1 aliphatic heterocycles. The van der Waals surface area contributed by atoms with Crippen LogP contribution in [0.1, 0.15) is 41.1 Å². The highest BCUT2D eigenvalue weighted by Gasteiger charge is 2.45. The molecule has 4 heterocycles. The molecule has 4 aromatic rings. The maximum absolute atomic E-state index is 13.2. The lowest BCUT2D eigenvalue weighted by Gasteiger charge is -2.40. The van der Waals surface area contributed by atoms with Gasteiger partial charge >= 0.3 is 0 Å². The Morgan fingerprint density at radius 1 is 1.06 bits per heavy atom. The minimum Gasteiger partial charge on any atom is -0.335 e. The zero-order valence-electron chi connectivity index (χ0n) is 17.3. The van der Waals surface area contributed by atoms with Crippen molar-refractivity contribution in [3.8, 4) is 17.3 Å². The van der Waals surface area contributed by atoms with E-state index >= 15 is 0 Å². The average molecular weight is 427 g/mol. The smallest absolute Gasteiger partial charge is 0.291 e. The van der Waals surface area contributed by atoms with Gasteiger partial charge in [0.1, 0.15) is 12.7 Å². The van der Waals surface area contributed by atoms with Gasteiger partial charge < -0.3 is 4.90 Å². The van der Waals surface area contributed by atoms with E-state index in [0.29, 0.717) is 19.0 Å². The summed E-state index contributed by atoms with van der Waals surface area (Å²) in [4.78, 5) is 29.1. The third kappa shape index (κ3) is 3.06. The van der Waals surface area contributed by atoms with Crippen molar-refractivity contribution in [1.29, 1.82) is 0 Å². The minimum absolute atomic E-state index is 0.146. The summed E-state index contributed by atoms with van der Waals surface area (Å²) in [6, 6.07) is 10.0. The second kappa shape index (κ2) is 7.33. The van der Waals surface area contributed by atoms with Crippen LogP contribution in [-0.4, -0.2) is 63.8 Å². The van der Waals surface area contributed by atoms with Crippen LogP contribution in [0.4, 0.5) is 0 Å². The molecule has 1 saturated heterocycles. The van der Waals surface area contributed by atoms with Crippen LogP contribution in [0, 0.1) is 0 Å². The van der Waals surface area contributed by atoms with E-state index in [1.54, 1.807) is 4.57 Å². The van der Waals surface area contributed by atoms with E-state index in [0.717, 1.165) is 42.8 Å². The highest BCUT2D eigenvalue weighted by molar-refractivity contribution is 5.90. The summed E-state index contributed by atoms with van der Waals surface area (Å²) >= 11 is 0. The number of hydrogen-bond acceptors (Lipinski definition) is 7. The lowest BCUT2D eigenvalue weighted by molar-refractivity contribution is 0.0621. The summed E-state index contributed by atoms with van der Waals surface area (Å²) in [6.45, 7) is 1.31. The number of carbonyl (C=O) groups excluding carboxylic acids is 1. The first kappa shape index (κ1) is 18.8. The monoisotopic (exact) mass is 427 g/mol. The van der Waals surface area contributed by atoms with E-state index in [4.69, 9.17) is 4.98 Å². The van der Waals surface area contributed by atoms with Crippen molar-refractivity contribution in [2.24, 2.45) is 0 Å². The summed E-state index contributed by atoms with van der Waals surface area (Å²) in [6.07, 6.45) is 8.79. The molecular formula is C22H21N9O. The number of nitrogens with zero attached hydrogens (tertiary/aromatic N) is 8. The summed E-state index contributed by atoms with van der Waals surface area (Å²) in [5.41, 5.74) is 3.14. The first-order valence-corrected chi connectivity index (χ1v) is 10.7. The molecule has 10 heteroatoms. The number of likely N-dealkylation sites (tertiary alicyclic amines) is 1. The molecule has 6 rings (SSSR count). The van der Waals surface area contributed by atoms with E-state index in [1.807, 2.05) is 41.4 Å². The molecule has 32 heavy (non-hydrogen) atoms. The molecule has 160 valence electrons. The highest BCUT2D eigenvalue weighted by Crippen LogP contribution is 2.44. The zero-order chi connectivity index (χ0) is 21.5. The van der Waals surface area contributed by atoms with E-state index in [9.17, 15) is 4.79 Å². The van der Waals surface area contributed by atoms with Gasteiger partial charge in [-0.3, -0.25) is 14.5 Å². The van der Waals surface area contributed by atoms with E-state index in [2.05, 4.69) is 30.4 Å². The molecule has 0 bridgehead atoms. The molecule has 1 aromatic carbocycles. The molecule has 1 atom stereocenters. The van der Waals surface area contributed by atoms with Gasteiger partial charge in [-0.2, -0.15) is 4.98 Å². The standard InChI is InChI=1S/C22H21N9O/c32-20(19-27-21(29-28-19)31-13-24-25-14-31)30-10-4-8-22(12-30)9-7-16-11-23-18(26-17(16)22)15-5-2-1-3-6-15/h1-3,5-6,11,13-14H,4,7-10,12H2,(H,27,28,29). The summed E-state index contributed by atoms with van der Waals surface area (Å²) in [5.74, 6) is 1.15. The van der Waals surface area contributed by atoms with Crippen LogP contribution in [0.5, 0.6) is 0 Å². The van der Waals surface area contributed by atoms with Gasteiger partial charge in [0.15, 0.2) is 5.82 Å². The fraction of sp³-hybridized carbons (Fsp3) is 0.318. The predicted octanol–water partition coefficient (Wildman–Crippen LogP) is 1.96. The fourth-order valence-electron chi connectivity index (χ4n) is 4.89. The Labute approximate surface area is 183 Å². The number of aromatic nitrogens is 8. The maximum Gasteiger partial charge on any atom is 0.291 e. The van der Waals surface area contributed by atoms with Gasteiger partial charge in [0.25, 0.3) is 11.9 Å². The molecule has 1 unspecified atom stereocenters. The molecule has 0 radical (unpaired) electrons. The SMILES string of the molecule is O=C(c1nc(-n2cnnc2)n[nH]1)N1CCCC2(CCc3cnc(-c4ccccc4)nc32)C1. The molecule has 2 aliphatic rings. The van der Waals surface area contributed by atoms with E-state index in [1.165, 1.54) is 18.2 Å². The van der Waals surface area contributed by atoms with Crippen LogP contribution in [0.3, 0.4) is 0 Å². The van der Waals surface area contributed by atoms with Gasteiger partial charge in [-0.15, -0.1) is 15.3 Å². The summed E-state index contributed by atoms with van der Waals surface area (Å²) < 4.78 is 1.56. The first-order chi connectivity index (χ1) is 15.7. The first-order valence-electron chi connectivity index (χ1n) is 10.7. The van der Waals surface area contributed by atoms with Crippen LogP contribution in [-0.2, 0) is 11.8 Å². The van der Waals surface area contributed by atoms with Crippen molar-refractivity contribution in [3.05, 3.63) is 66.3 Å². The third-order valence-corrected chi connectivity index (χ3v) is 6.46. The quantitative estimate of drug-likeness (QED) is 0.531. The topological polar surface area (TPSA) is 118 Å². The Kier molecular flexibility index (Phi) is 4.30. The number of aryl methyl sites for hydroxylation is 1. The van der Waals surface area contributed by atoms with Crippen molar-refractivity contribution >= 4 is 5.91 Å². The molecule has 3 aromatic heterocycles. The molecule has 1 N–H and O–H groups in total. The van der Waals surface area contributed by atoms with Gasteiger partial charge in [0.05, 0.1) is 5.69 Å². The molecule has 1 fully saturated rings.